The van der Waals surface area contributed by atoms with Crippen LogP contribution in [0.4, 0.5) is 0 Å². The van der Waals surface area contributed by atoms with Crippen molar-refractivity contribution in [1.29, 1.82) is 0 Å². The first-order valence-electron chi connectivity index (χ1n) is 4.23. The summed E-state index contributed by atoms with van der Waals surface area (Å²) in [7, 11) is 0. The van der Waals surface area contributed by atoms with E-state index in [0.717, 1.165) is 0 Å². The van der Waals surface area contributed by atoms with Gasteiger partial charge in [-0.05, 0) is 27.7 Å². The summed E-state index contributed by atoms with van der Waals surface area (Å²) in [5, 5.41) is 0. The predicted octanol–water partition coefficient (Wildman–Crippen LogP) is -0.543. The first kappa shape index (κ1) is 29.8. The van der Waals surface area contributed by atoms with Gasteiger partial charge in [0.25, 0.3) is 0 Å². The van der Waals surface area contributed by atoms with Gasteiger partial charge in [0, 0.05) is 16.5 Å². The summed E-state index contributed by atoms with van der Waals surface area (Å²) in [6.07, 6.45) is 0.167. The molecule has 106 valence electrons. The maximum Gasteiger partial charge on any atom is 0.137 e. The Kier molecular flexibility index (Phi) is 30.6. The van der Waals surface area contributed by atoms with Crippen molar-refractivity contribution in [2.24, 2.45) is 0 Å². The number of carbonyl (C=O) groups is 4. The van der Waals surface area contributed by atoms with Crippen LogP contribution in [0, 0.1) is 0 Å². The topological polar surface area (TPSA) is 131 Å². The van der Waals surface area contributed by atoms with Crippen LogP contribution in [-0.4, -0.2) is 34.1 Å². The standard InChI is InChI=1S/2C5H8O2.Ni.2H2O/c2*1-4(6)3-5(2)7;;;/h2*3H2,1-2H3;;2*1H2. The third-order valence-electron chi connectivity index (χ3n) is 0.996. The van der Waals surface area contributed by atoms with Crippen LogP contribution >= 0.6 is 0 Å². The first-order valence-corrected chi connectivity index (χ1v) is 4.23. The Morgan fingerprint density at radius 2 is 0.706 bits per heavy atom. The minimum Gasteiger partial charge on any atom is -0.412 e. The average Bonchev–Trinajstić information content (AvgIpc) is 1.79. The van der Waals surface area contributed by atoms with Gasteiger partial charge in [0.05, 0.1) is 12.8 Å². The van der Waals surface area contributed by atoms with Gasteiger partial charge in [-0.1, -0.05) is 0 Å². The third kappa shape index (κ3) is 51.4. The number of Topliss-reactive ketones (excluding diaryl/α,β-unsaturated/α-hetero) is 4. The molecule has 0 radical (unpaired) electrons. The zero-order valence-corrected chi connectivity index (χ0v) is 11.4. The average molecular weight is 295 g/mol. The molecule has 0 saturated heterocycles. The van der Waals surface area contributed by atoms with Crippen molar-refractivity contribution in [3.05, 3.63) is 0 Å². The summed E-state index contributed by atoms with van der Waals surface area (Å²) in [5.74, 6) is -0.250. The van der Waals surface area contributed by atoms with Crippen LogP contribution in [0.3, 0.4) is 0 Å². The van der Waals surface area contributed by atoms with Crippen molar-refractivity contribution in [3.63, 3.8) is 0 Å². The Labute approximate surface area is 111 Å². The second-order valence-corrected chi connectivity index (χ2v) is 3.16. The Morgan fingerprint density at radius 3 is 0.706 bits per heavy atom. The predicted molar refractivity (Wildman–Crippen MR) is 59.2 cm³/mol. The SMILES string of the molecule is CC(=O)CC(C)=O.CC(=O)CC(C)=O.O.O.[Ni]. The summed E-state index contributed by atoms with van der Waals surface area (Å²) in [4.78, 5) is 40.1. The molecule has 0 aliphatic heterocycles. The van der Waals surface area contributed by atoms with E-state index < -0.39 is 0 Å². The van der Waals surface area contributed by atoms with Gasteiger partial charge in [0.1, 0.15) is 23.1 Å². The number of carbonyl (C=O) groups excluding carboxylic acids is 4. The van der Waals surface area contributed by atoms with Crippen LogP contribution in [0.15, 0.2) is 0 Å². The number of ketones is 4. The minimum absolute atomic E-state index is 0. The normalized spacial score (nSPS) is 6.82. The van der Waals surface area contributed by atoms with E-state index in [4.69, 9.17) is 0 Å². The maximum atomic E-state index is 10.0. The van der Waals surface area contributed by atoms with E-state index in [2.05, 4.69) is 0 Å². The molecule has 0 rings (SSSR count). The molecule has 0 aromatic carbocycles. The van der Waals surface area contributed by atoms with Gasteiger partial charge >= 0.3 is 0 Å². The van der Waals surface area contributed by atoms with E-state index in [-0.39, 0.29) is 63.4 Å². The Balaban J connectivity index is -0.0000000480. The Hall–Kier alpha value is -0.906. The molecule has 17 heavy (non-hydrogen) atoms. The summed E-state index contributed by atoms with van der Waals surface area (Å²) in [5.41, 5.74) is 0. The maximum absolute atomic E-state index is 10.0. The monoisotopic (exact) mass is 294 g/mol. The smallest absolute Gasteiger partial charge is 0.137 e. The van der Waals surface area contributed by atoms with Crippen LogP contribution in [0.2, 0.25) is 0 Å². The molecule has 0 aromatic heterocycles. The van der Waals surface area contributed by atoms with E-state index in [9.17, 15) is 19.2 Å². The quantitative estimate of drug-likeness (QED) is 0.508. The van der Waals surface area contributed by atoms with Gasteiger partial charge in [-0.2, -0.15) is 0 Å². The van der Waals surface area contributed by atoms with Crippen molar-refractivity contribution in [2.75, 3.05) is 0 Å². The van der Waals surface area contributed by atoms with Crippen LogP contribution < -0.4 is 0 Å². The molecule has 0 aliphatic carbocycles. The van der Waals surface area contributed by atoms with Gasteiger partial charge < -0.3 is 11.0 Å². The summed E-state index contributed by atoms with van der Waals surface area (Å²) < 4.78 is 0. The molecule has 0 saturated carbocycles. The molecule has 0 amide bonds. The summed E-state index contributed by atoms with van der Waals surface area (Å²) in [6, 6.07) is 0. The van der Waals surface area contributed by atoms with E-state index in [1.165, 1.54) is 27.7 Å². The molecule has 0 bridgehead atoms. The molecule has 6 nitrogen and oxygen atoms in total. The fourth-order valence-electron chi connectivity index (χ4n) is 0.701. The molecular formula is C10H20NiO6. The van der Waals surface area contributed by atoms with Gasteiger partial charge in [-0.3, -0.25) is 19.2 Å². The van der Waals surface area contributed by atoms with Gasteiger partial charge in [-0.15, -0.1) is 0 Å². The number of hydrogen-bond donors (Lipinski definition) is 0. The van der Waals surface area contributed by atoms with Crippen LogP contribution in [0.25, 0.3) is 0 Å². The molecule has 0 heterocycles. The van der Waals surface area contributed by atoms with Gasteiger partial charge in [0.2, 0.25) is 0 Å². The zero-order valence-electron chi connectivity index (χ0n) is 10.4. The third-order valence-corrected chi connectivity index (χ3v) is 0.996. The molecular weight excluding hydrogens is 275 g/mol. The Bertz CT molecular complexity index is 199. The van der Waals surface area contributed by atoms with Gasteiger partial charge in [-0.25, -0.2) is 0 Å². The summed E-state index contributed by atoms with van der Waals surface area (Å²) in [6.45, 7) is 5.62. The largest absolute Gasteiger partial charge is 0.412 e. The number of rotatable bonds is 4. The van der Waals surface area contributed by atoms with E-state index in [1.54, 1.807) is 0 Å². The molecule has 0 fully saturated rings. The van der Waals surface area contributed by atoms with Crippen molar-refractivity contribution >= 4 is 23.1 Å². The fraction of sp³-hybridized carbons (Fsp3) is 0.600. The van der Waals surface area contributed by atoms with Crippen LogP contribution in [0.5, 0.6) is 0 Å². The number of hydrogen-bond acceptors (Lipinski definition) is 4. The molecule has 0 spiro atoms. The van der Waals surface area contributed by atoms with Crippen molar-refractivity contribution in [1.82, 2.24) is 0 Å². The van der Waals surface area contributed by atoms with Crippen LogP contribution in [0.1, 0.15) is 40.5 Å². The van der Waals surface area contributed by atoms with Crippen molar-refractivity contribution < 1.29 is 46.6 Å². The van der Waals surface area contributed by atoms with E-state index >= 15 is 0 Å². The van der Waals surface area contributed by atoms with E-state index in [0.29, 0.717) is 0 Å². The molecule has 7 heteroatoms. The molecule has 0 atom stereocenters. The molecule has 0 unspecified atom stereocenters. The Morgan fingerprint density at radius 1 is 0.588 bits per heavy atom. The molecule has 0 aliphatic rings. The minimum atomic E-state index is -0.0625. The molecule has 0 aromatic rings. The van der Waals surface area contributed by atoms with Crippen molar-refractivity contribution in [2.45, 2.75) is 40.5 Å². The second-order valence-electron chi connectivity index (χ2n) is 3.16. The van der Waals surface area contributed by atoms with Crippen LogP contribution in [-0.2, 0) is 35.7 Å². The first-order chi connectivity index (χ1) is 6.25. The van der Waals surface area contributed by atoms with Crippen molar-refractivity contribution in [3.8, 4) is 0 Å². The van der Waals surface area contributed by atoms with Gasteiger partial charge in [0.15, 0.2) is 0 Å². The van der Waals surface area contributed by atoms with E-state index in [1.807, 2.05) is 0 Å². The molecule has 4 N–H and O–H groups in total. The zero-order chi connectivity index (χ0) is 11.7. The second kappa shape index (κ2) is 17.5. The fourth-order valence-corrected chi connectivity index (χ4v) is 0.701. The summed E-state index contributed by atoms with van der Waals surface area (Å²) >= 11 is 0.